The molecule has 1 fully saturated rings. The van der Waals surface area contributed by atoms with Gasteiger partial charge in [-0.25, -0.2) is 0 Å². The van der Waals surface area contributed by atoms with Crippen LogP contribution in [-0.4, -0.2) is 16.8 Å². The van der Waals surface area contributed by atoms with Crippen molar-refractivity contribution >= 4 is 17.5 Å². The van der Waals surface area contributed by atoms with Gasteiger partial charge < -0.3 is 0 Å². The number of carbonyl (C=O) groups is 1. The number of Topliss-reactive ketones (excluding diaryl/α,β-unsaturated/α-hetero) is 1. The van der Waals surface area contributed by atoms with Gasteiger partial charge in [-0.2, -0.15) is 11.8 Å². The van der Waals surface area contributed by atoms with Crippen molar-refractivity contribution in [3.8, 4) is 0 Å². The quantitative estimate of drug-likeness (QED) is 0.694. The van der Waals surface area contributed by atoms with Crippen LogP contribution in [0.5, 0.6) is 0 Å². The average molecular weight is 214 g/mol. The lowest BCUT2D eigenvalue weighted by Gasteiger charge is -2.21. The fraction of sp³-hybridized carbons (Fsp3) is 0.917. The Morgan fingerprint density at radius 2 is 2.29 bits per heavy atom. The summed E-state index contributed by atoms with van der Waals surface area (Å²) in [6, 6.07) is 0. The first-order valence-corrected chi connectivity index (χ1v) is 6.93. The van der Waals surface area contributed by atoms with Crippen molar-refractivity contribution < 1.29 is 4.79 Å². The third-order valence-electron chi connectivity index (χ3n) is 2.87. The molecule has 1 nitrogen and oxygen atoms in total. The van der Waals surface area contributed by atoms with E-state index in [4.69, 9.17) is 0 Å². The van der Waals surface area contributed by atoms with Crippen LogP contribution in [0.2, 0.25) is 0 Å². The van der Waals surface area contributed by atoms with E-state index in [2.05, 4.69) is 13.8 Å². The summed E-state index contributed by atoms with van der Waals surface area (Å²) in [5.41, 5.74) is 0. The molecule has 1 aliphatic heterocycles. The summed E-state index contributed by atoms with van der Waals surface area (Å²) >= 11 is 1.88. The maximum Gasteiger partial charge on any atom is 0.146 e. The topological polar surface area (TPSA) is 17.1 Å². The van der Waals surface area contributed by atoms with Crippen LogP contribution in [0.15, 0.2) is 0 Å². The number of hydrogen-bond acceptors (Lipinski definition) is 2. The van der Waals surface area contributed by atoms with Gasteiger partial charge in [0, 0.05) is 6.42 Å². The lowest BCUT2D eigenvalue weighted by Crippen LogP contribution is -2.22. The highest BCUT2D eigenvalue weighted by molar-refractivity contribution is 8.00. The van der Waals surface area contributed by atoms with Gasteiger partial charge in [0.2, 0.25) is 0 Å². The van der Waals surface area contributed by atoms with Crippen molar-refractivity contribution in [3.05, 3.63) is 0 Å². The molecule has 82 valence electrons. The number of ketones is 1. The first kappa shape index (κ1) is 12.1. The van der Waals surface area contributed by atoms with Crippen LogP contribution >= 0.6 is 11.8 Å². The second-order valence-electron chi connectivity index (χ2n) is 4.42. The number of hydrogen-bond donors (Lipinski definition) is 0. The third kappa shape index (κ3) is 4.04. The fourth-order valence-corrected chi connectivity index (χ4v) is 3.34. The maximum atomic E-state index is 11.9. The van der Waals surface area contributed by atoms with Crippen LogP contribution in [0.1, 0.15) is 52.4 Å². The van der Waals surface area contributed by atoms with Crippen molar-refractivity contribution in [1.29, 1.82) is 0 Å². The van der Waals surface area contributed by atoms with Crippen LogP contribution in [0.3, 0.4) is 0 Å². The van der Waals surface area contributed by atoms with Gasteiger partial charge in [0.15, 0.2) is 0 Å². The summed E-state index contributed by atoms with van der Waals surface area (Å²) in [7, 11) is 0. The second-order valence-corrected chi connectivity index (χ2v) is 5.73. The molecule has 0 aromatic rings. The number of thioether (sulfide) groups is 1. The minimum Gasteiger partial charge on any atom is -0.298 e. The predicted molar refractivity (Wildman–Crippen MR) is 63.8 cm³/mol. The highest BCUT2D eigenvalue weighted by Gasteiger charge is 2.22. The molecule has 0 radical (unpaired) electrons. The third-order valence-corrected chi connectivity index (χ3v) is 4.30. The van der Waals surface area contributed by atoms with E-state index in [0.717, 1.165) is 12.8 Å². The van der Waals surface area contributed by atoms with Crippen molar-refractivity contribution in [2.24, 2.45) is 5.92 Å². The summed E-state index contributed by atoms with van der Waals surface area (Å²) in [5.74, 6) is 2.30. The lowest BCUT2D eigenvalue weighted by atomic mass is 9.97. The Kier molecular flexibility index (Phi) is 5.61. The van der Waals surface area contributed by atoms with Crippen LogP contribution < -0.4 is 0 Å². The van der Waals surface area contributed by atoms with E-state index in [1.54, 1.807) is 0 Å². The van der Waals surface area contributed by atoms with Gasteiger partial charge in [-0.3, -0.25) is 4.79 Å². The highest BCUT2D eigenvalue weighted by atomic mass is 32.2. The highest BCUT2D eigenvalue weighted by Crippen LogP contribution is 2.27. The van der Waals surface area contributed by atoms with Gasteiger partial charge in [0.05, 0.1) is 5.25 Å². The SMILES string of the molecule is CCCC(C)CC(=O)C1CCCCS1. The Balaban J connectivity index is 2.25. The van der Waals surface area contributed by atoms with Crippen LogP contribution in [0.4, 0.5) is 0 Å². The summed E-state index contributed by atoms with van der Waals surface area (Å²) in [6.07, 6.45) is 6.90. The summed E-state index contributed by atoms with van der Waals surface area (Å²) in [6.45, 7) is 4.39. The molecule has 0 amide bonds. The lowest BCUT2D eigenvalue weighted by molar-refractivity contribution is -0.119. The molecule has 2 unspecified atom stereocenters. The molecule has 2 atom stereocenters. The Bertz CT molecular complexity index is 173. The molecule has 1 saturated heterocycles. The largest absolute Gasteiger partial charge is 0.298 e. The standard InChI is InChI=1S/C12H22OS/c1-3-6-10(2)9-11(13)12-7-4-5-8-14-12/h10,12H,3-9H2,1-2H3. The van der Waals surface area contributed by atoms with Crippen molar-refractivity contribution in [3.63, 3.8) is 0 Å². The molecule has 0 spiro atoms. The minimum absolute atomic E-state index is 0.336. The number of rotatable bonds is 5. The zero-order valence-corrected chi connectivity index (χ0v) is 10.2. The molecule has 1 aliphatic rings. The normalized spacial score (nSPS) is 24.6. The van der Waals surface area contributed by atoms with E-state index >= 15 is 0 Å². The fourth-order valence-electron chi connectivity index (χ4n) is 2.06. The molecule has 0 aromatic carbocycles. The van der Waals surface area contributed by atoms with Crippen LogP contribution in [0, 0.1) is 5.92 Å². The number of carbonyl (C=O) groups excluding carboxylic acids is 1. The van der Waals surface area contributed by atoms with E-state index in [-0.39, 0.29) is 0 Å². The minimum atomic E-state index is 0.336. The molecule has 2 heteroatoms. The predicted octanol–water partition coefficient (Wildman–Crippen LogP) is 3.67. The van der Waals surface area contributed by atoms with E-state index in [9.17, 15) is 4.79 Å². The Morgan fingerprint density at radius 1 is 1.50 bits per heavy atom. The van der Waals surface area contributed by atoms with Crippen LogP contribution in [0.25, 0.3) is 0 Å². The molecular formula is C12H22OS. The van der Waals surface area contributed by atoms with Crippen molar-refractivity contribution in [1.82, 2.24) is 0 Å². The molecule has 0 N–H and O–H groups in total. The zero-order valence-electron chi connectivity index (χ0n) is 9.42. The second kappa shape index (κ2) is 6.49. The molecule has 1 rings (SSSR count). The zero-order chi connectivity index (χ0) is 10.4. The van der Waals surface area contributed by atoms with Gasteiger partial charge in [0.1, 0.15) is 5.78 Å². The smallest absolute Gasteiger partial charge is 0.146 e. The van der Waals surface area contributed by atoms with Crippen molar-refractivity contribution in [2.45, 2.75) is 57.6 Å². The van der Waals surface area contributed by atoms with E-state index in [1.165, 1.54) is 31.4 Å². The Labute approximate surface area is 92.0 Å². The van der Waals surface area contributed by atoms with Gasteiger partial charge >= 0.3 is 0 Å². The Hall–Kier alpha value is 0.0200. The molecule has 0 saturated carbocycles. The molecule has 0 aromatic heterocycles. The van der Waals surface area contributed by atoms with Gasteiger partial charge in [-0.1, -0.05) is 33.1 Å². The van der Waals surface area contributed by atoms with E-state index < -0.39 is 0 Å². The first-order chi connectivity index (χ1) is 6.74. The molecular weight excluding hydrogens is 192 g/mol. The van der Waals surface area contributed by atoms with Crippen LogP contribution in [-0.2, 0) is 4.79 Å². The van der Waals surface area contributed by atoms with E-state index in [0.29, 0.717) is 17.0 Å². The van der Waals surface area contributed by atoms with Gasteiger partial charge in [-0.05, 0) is 24.5 Å². The molecule has 1 heterocycles. The van der Waals surface area contributed by atoms with Crippen molar-refractivity contribution in [2.75, 3.05) is 5.75 Å². The molecule has 14 heavy (non-hydrogen) atoms. The van der Waals surface area contributed by atoms with E-state index in [1.807, 2.05) is 11.8 Å². The molecule has 0 aliphatic carbocycles. The summed E-state index contributed by atoms with van der Waals surface area (Å²) in [4.78, 5) is 11.9. The summed E-state index contributed by atoms with van der Waals surface area (Å²) < 4.78 is 0. The average Bonchev–Trinajstić information content (AvgIpc) is 2.19. The summed E-state index contributed by atoms with van der Waals surface area (Å²) in [5, 5.41) is 0.336. The molecule has 0 bridgehead atoms. The monoisotopic (exact) mass is 214 g/mol. The Morgan fingerprint density at radius 3 is 2.86 bits per heavy atom. The van der Waals surface area contributed by atoms with Gasteiger partial charge in [0.25, 0.3) is 0 Å². The first-order valence-electron chi connectivity index (χ1n) is 5.88. The maximum absolute atomic E-state index is 11.9. The van der Waals surface area contributed by atoms with Gasteiger partial charge in [-0.15, -0.1) is 0 Å².